The third-order valence-electron chi connectivity index (χ3n) is 1.35. The van der Waals surface area contributed by atoms with E-state index in [-0.39, 0.29) is 25.2 Å². The quantitative estimate of drug-likeness (QED) is 0.413. The van der Waals surface area contributed by atoms with Crippen molar-refractivity contribution in [2.75, 3.05) is 13.2 Å². The molecule has 0 aromatic rings. The molecule has 0 radical (unpaired) electrons. The minimum absolute atomic E-state index is 0.0220. The van der Waals surface area contributed by atoms with Gasteiger partial charge in [0.25, 0.3) is 5.70 Å². The van der Waals surface area contributed by atoms with Crippen LogP contribution in [0, 0.1) is 10.1 Å². The summed E-state index contributed by atoms with van der Waals surface area (Å²) in [6, 6.07) is 0. The van der Waals surface area contributed by atoms with Crippen LogP contribution in [-0.2, 0) is 9.47 Å². The maximum atomic E-state index is 10.2. The molecular formula is C6H9NO4. The van der Waals surface area contributed by atoms with E-state index in [2.05, 4.69) is 0 Å². The van der Waals surface area contributed by atoms with E-state index >= 15 is 0 Å². The lowest BCUT2D eigenvalue weighted by atomic mass is 10.4. The van der Waals surface area contributed by atoms with Gasteiger partial charge in [-0.1, -0.05) is 0 Å². The average Bonchev–Trinajstić information content (AvgIpc) is 2.13. The van der Waals surface area contributed by atoms with Gasteiger partial charge in [-0.15, -0.1) is 0 Å². The van der Waals surface area contributed by atoms with Crippen LogP contribution in [0.5, 0.6) is 0 Å². The van der Waals surface area contributed by atoms with Crippen LogP contribution in [0.25, 0.3) is 0 Å². The molecule has 1 aliphatic heterocycles. The van der Waals surface area contributed by atoms with E-state index in [0.717, 1.165) is 0 Å². The number of nitrogens with zero attached hydrogens (tertiary/aromatic N) is 1. The molecule has 5 nitrogen and oxygen atoms in total. The second-order valence-electron chi connectivity index (χ2n) is 2.16. The maximum Gasteiger partial charge on any atom is 0.270 e. The summed E-state index contributed by atoms with van der Waals surface area (Å²) >= 11 is 0. The van der Waals surface area contributed by atoms with Crippen LogP contribution >= 0.6 is 0 Å². The summed E-state index contributed by atoms with van der Waals surface area (Å²) in [5.41, 5.74) is 0.0642. The first kappa shape index (κ1) is 8.16. The van der Waals surface area contributed by atoms with Crippen molar-refractivity contribution < 1.29 is 14.4 Å². The molecule has 0 saturated carbocycles. The lowest BCUT2D eigenvalue weighted by Crippen LogP contribution is -2.12. The van der Waals surface area contributed by atoms with Crippen LogP contribution < -0.4 is 0 Å². The van der Waals surface area contributed by atoms with E-state index in [1.54, 1.807) is 6.92 Å². The van der Waals surface area contributed by atoms with E-state index in [9.17, 15) is 10.1 Å². The molecule has 0 fully saturated rings. The van der Waals surface area contributed by atoms with Crippen molar-refractivity contribution in [1.82, 2.24) is 0 Å². The van der Waals surface area contributed by atoms with Gasteiger partial charge in [0.05, 0.1) is 11.5 Å². The monoisotopic (exact) mass is 159 g/mol. The van der Waals surface area contributed by atoms with Crippen LogP contribution in [0.2, 0.25) is 0 Å². The molecule has 1 heterocycles. The molecule has 0 saturated heterocycles. The third kappa shape index (κ3) is 2.28. The average molecular weight is 159 g/mol. The third-order valence-corrected chi connectivity index (χ3v) is 1.35. The minimum Gasteiger partial charge on any atom is -0.349 e. The molecule has 0 N–H and O–H groups in total. The highest BCUT2D eigenvalue weighted by Crippen LogP contribution is 2.05. The first-order chi connectivity index (χ1) is 5.20. The Morgan fingerprint density at radius 2 is 2.45 bits per heavy atom. The van der Waals surface area contributed by atoms with Crippen molar-refractivity contribution in [3.63, 3.8) is 0 Å². The van der Waals surface area contributed by atoms with Gasteiger partial charge >= 0.3 is 0 Å². The van der Waals surface area contributed by atoms with Crippen molar-refractivity contribution in [2.45, 2.75) is 13.2 Å². The molecule has 0 aliphatic carbocycles. The Kier molecular flexibility index (Phi) is 2.56. The molecule has 0 aromatic carbocycles. The van der Waals surface area contributed by atoms with Crippen LogP contribution in [-0.4, -0.2) is 24.4 Å². The summed E-state index contributed by atoms with van der Waals surface area (Å²) in [7, 11) is 0. The summed E-state index contributed by atoms with van der Waals surface area (Å²) in [6.45, 7) is 1.97. The van der Waals surface area contributed by atoms with Gasteiger partial charge in [-0.25, -0.2) is 0 Å². The number of rotatable bonds is 1. The molecule has 1 aliphatic rings. The zero-order valence-corrected chi connectivity index (χ0v) is 6.15. The molecule has 1 unspecified atom stereocenters. The van der Waals surface area contributed by atoms with Crippen LogP contribution in [0.4, 0.5) is 0 Å². The molecular weight excluding hydrogens is 150 g/mol. The molecule has 0 aromatic heterocycles. The minimum atomic E-state index is -0.457. The highest BCUT2D eigenvalue weighted by Gasteiger charge is 2.16. The Morgan fingerprint density at radius 3 is 3.09 bits per heavy atom. The summed E-state index contributed by atoms with van der Waals surface area (Å²) < 4.78 is 9.92. The molecule has 1 rings (SSSR count). The van der Waals surface area contributed by atoms with E-state index in [0.29, 0.717) is 0 Å². The lowest BCUT2D eigenvalue weighted by Gasteiger charge is -2.06. The second-order valence-corrected chi connectivity index (χ2v) is 2.16. The van der Waals surface area contributed by atoms with E-state index in [1.807, 2.05) is 0 Å². The van der Waals surface area contributed by atoms with Gasteiger partial charge < -0.3 is 9.47 Å². The van der Waals surface area contributed by atoms with Crippen molar-refractivity contribution in [3.8, 4) is 0 Å². The number of ether oxygens (including phenoxy) is 2. The summed E-state index contributed by atoms with van der Waals surface area (Å²) in [6.07, 6.45) is 1.06. The predicted molar refractivity (Wildman–Crippen MR) is 36.4 cm³/mol. The fraction of sp³-hybridized carbons (Fsp3) is 0.667. The summed E-state index contributed by atoms with van der Waals surface area (Å²) in [5, 5.41) is 10.2. The highest BCUT2D eigenvalue weighted by molar-refractivity contribution is 4.93. The number of hydrogen-bond acceptors (Lipinski definition) is 4. The van der Waals surface area contributed by atoms with Gasteiger partial charge in [-0.05, 0) is 6.92 Å². The highest BCUT2D eigenvalue weighted by atomic mass is 16.7. The zero-order chi connectivity index (χ0) is 8.27. The first-order valence-electron chi connectivity index (χ1n) is 3.27. The number of hydrogen-bond donors (Lipinski definition) is 0. The van der Waals surface area contributed by atoms with Crippen molar-refractivity contribution >= 4 is 0 Å². The molecule has 0 amide bonds. The smallest absolute Gasteiger partial charge is 0.270 e. The normalized spacial score (nSPS) is 25.5. The molecule has 62 valence electrons. The van der Waals surface area contributed by atoms with Gasteiger partial charge in [0.2, 0.25) is 0 Å². The first-order valence-corrected chi connectivity index (χ1v) is 3.27. The van der Waals surface area contributed by atoms with E-state index in [1.165, 1.54) is 6.08 Å². The fourth-order valence-electron chi connectivity index (χ4n) is 0.717. The van der Waals surface area contributed by atoms with Crippen LogP contribution in [0.1, 0.15) is 6.92 Å². The topological polar surface area (TPSA) is 61.6 Å². The number of nitro groups is 1. The summed E-state index contributed by atoms with van der Waals surface area (Å²) in [4.78, 5) is 9.76. The second kappa shape index (κ2) is 3.45. The SMILES string of the molecule is CC1OCC=C([N+](=O)[O-])CO1. The molecule has 1 atom stereocenters. The van der Waals surface area contributed by atoms with E-state index < -0.39 is 4.92 Å². The summed E-state index contributed by atoms with van der Waals surface area (Å²) in [5.74, 6) is 0. The van der Waals surface area contributed by atoms with Crippen molar-refractivity contribution in [3.05, 3.63) is 21.9 Å². The van der Waals surface area contributed by atoms with E-state index in [4.69, 9.17) is 9.47 Å². The standard InChI is InChI=1S/C6H9NO4/c1-5-10-3-2-6(4-11-5)7(8)9/h2,5H,3-4H2,1H3. The molecule has 0 spiro atoms. The molecule has 5 heteroatoms. The Balaban J connectivity index is 2.55. The molecule has 11 heavy (non-hydrogen) atoms. The zero-order valence-electron chi connectivity index (χ0n) is 6.15. The Hall–Kier alpha value is -0.940. The predicted octanol–water partition coefficient (Wildman–Crippen LogP) is 0.540. The van der Waals surface area contributed by atoms with Crippen molar-refractivity contribution in [1.29, 1.82) is 0 Å². The van der Waals surface area contributed by atoms with Crippen molar-refractivity contribution in [2.24, 2.45) is 0 Å². The van der Waals surface area contributed by atoms with Gasteiger partial charge in [0.1, 0.15) is 6.61 Å². The lowest BCUT2D eigenvalue weighted by molar-refractivity contribution is -0.431. The maximum absolute atomic E-state index is 10.2. The Morgan fingerprint density at radius 1 is 1.73 bits per heavy atom. The van der Waals surface area contributed by atoms with Crippen LogP contribution in [0.15, 0.2) is 11.8 Å². The van der Waals surface area contributed by atoms with Gasteiger partial charge in [0.15, 0.2) is 6.29 Å². The Bertz CT molecular complexity index is 189. The van der Waals surface area contributed by atoms with Crippen LogP contribution in [0.3, 0.4) is 0 Å². The van der Waals surface area contributed by atoms with Gasteiger partial charge in [-0.3, -0.25) is 10.1 Å². The molecule has 0 bridgehead atoms. The van der Waals surface area contributed by atoms with Gasteiger partial charge in [-0.2, -0.15) is 0 Å². The fourth-order valence-corrected chi connectivity index (χ4v) is 0.717. The Labute approximate surface area is 63.7 Å². The largest absolute Gasteiger partial charge is 0.349 e. The van der Waals surface area contributed by atoms with Gasteiger partial charge in [0, 0.05) is 6.08 Å².